The van der Waals surface area contributed by atoms with Gasteiger partial charge in [-0.25, -0.2) is 18.3 Å². The van der Waals surface area contributed by atoms with Gasteiger partial charge in [-0.3, -0.25) is 9.59 Å². The molecule has 5 aromatic carbocycles. The summed E-state index contributed by atoms with van der Waals surface area (Å²) in [5.41, 5.74) is 6.67. The number of hydrogen-bond donors (Lipinski definition) is 2. The zero-order valence-electron chi connectivity index (χ0n) is 30.3. The van der Waals surface area contributed by atoms with Crippen molar-refractivity contribution in [1.29, 1.82) is 0 Å². The standard InChI is InChI=1S/C46H44N6O2/c53-45(47-31-39-18-9-3-10-19-39)43(29-37-14-5-1-6-15-37)51-26-24-49(35-51)33-41-22-13-23-42(28-41)34-50-25-27-52(36-50)44(30-38-16-7-2-8-17-38)46(54)48-32-40-20-11-4-12-21-40/h1-28,35-36,43-44H,29-34H2/p+2/t43-,44-/m1/s1. The third kappa shape index (κ3) is 9.86. The molecule has 0 bridgehead atoms. The van der Waals surface area contributed by atoms with Crippen molar-refractivity contribution in [3.63, 3.8) is 0 Å². The molecule has 2 atom stereocenters. The molecule has 7 rings (SSSR count). The van der Waals surface area contributed by atoms with Crippen LogP contribution in [0.2, 0.25) is 0 Å². The summed E-state index contributed by atoms with van der Waals surface area (Å²) in [5.74, 6) is -0.0350. The van der Waals surface area contributed by atoms with Gasteiger partial charge in [-0.15, -0.1) is 0 Å². The summed E-state index contributed by atoms with van der Waals surface area (Å²) in [6.45, 7) is 2.29. The molecule has 0 saturated carbocycles. The first-order valence-electron chi connectivity index (χ1n) is 18.5. The van der Waals surface area contributed by atoms with Crippen LogP contribution in [0, 0.1) is 0 Å². The quantitative estimate of drug-likeness (QED) is 0.118. The molecule has 0 aliphatic carbocycles. The van der Waals surface area contributed by atoms with E-state index in [4.69, 9.17) is 0 Å². The molecule has 0 aliphatic rings. The van der Waals surface area contributed by atoms with Gasteiger partial charge in [-0.2, -0.15) is 0 Å². The second-order valence-electron chi connectivity index (χ2n) is 13.7. The summed E-state index contributed by atoms with van der Waals surface area (Å²) < 4.78 is 8.26. The number of carbonyl (C=O) groups is 2. The summed E-state index contributed by atoms with van der Waals surface area (Å²) in [6, 6.07) is 48.1. The number of imidazole rings is 2. The number of nitrogens with one attached hydrogen (secondary N) is 2. The number of aromatic nitrogens is 4. The maximum atomic E-state index is 13.6. The molecule has 0 radical (unpaired) electrons. The van der Waals surface area contributed by atoms with Gasteiger partial charge in [-0.1, -0.05) is 140 Å². The van der Waals surface area contributed by atoms with E-state index in [0.717, 1.165) is 33.4 Å². The van der Waals surface area contributed by atoms with Gasteiger partial charge in [0, 0.05) is 25.9 Å². The van der Waals surface area contributed by atoms with E-state index in [-0.39, 0.29) is 11.8 Å². The molecule has 0 aliphatic heterocycles. The van der Waals surface area contributed by atoms with Gasteiger partial charge in [0.25, 0.3) is 11.8 Å². The van der Waals surface area contributed by atoms with Crippen molar-refractivity contribution in [3.05, 3.63) is 216 Å². The number of nitrogens with zero attached hydrogens (tertiary/aromatic N) is 4. The summed E-state index contributed by atoms with van der Waals surface area (Å²) in [7, 11) is 0. The number of amides is 2. The predicted molar refractivity (Wildman–Crippen MR) is 209 cm³/mol. The maximum absolute atomic E-state index is 13.6. The molecule has 0 spiro atoms. The fraction of sp³-hybridized carbons (Fsp3) is 0.174. The molecule has 270 valence electrons. The van der Waals surface area contributed by atoms with Gasteiger partial charge in [0.05, 0.1) is 0 Å². The molecule has 54 heavy (non-hydrogen) atoms. The van der Waals surface area contributed by atoms with Crippen LogP contribution < -0.4 is 19.8 Å². The highest BCUT2D eigenvalue weighted by atomic mass is 16.2. The Bertz CT molecular complexity index is 2080. The Balaban J connectivity index is 1.02. The minimum atomic E-state index is -0.393. The summed E-state index contributed by atoms with van der Waals surface area (Å²) >= 11 is 0. The normalized spacial score (nSPS) is 12.1. The lowest BCUT2D eigenvalue weighted by Gasteiger charge is -2.14. The summed E-state index contributed by atoms with van der Waals surface area (Å²) in [4.78, 5) is 27.2. The molecule has 8 heteroatoms. The predicted octanol–water partition coefficient (Wildman–Crippen LogP) is 6.16. The lowest BCUT2D eigenvalue weighted by molar-refractivity contribution is -0.688. The monoisotopic (exact) mass is 714 g/mol. The van der Waals surface area contributed by atoms with Gasteiger partial charge in [0.2, 0.25) is 12.7 Å². The number of rotatable bonds is 16. The lowest BCUT2D eigenvalue weighted by Crippen LogP contribution is -2.36. The van der Waals surface area contributed by atoms with Crippen LogP contribution in [-0.4, -0.2) is 20.9 Å². The maximum Gasteiger partial charge on any atom is 0.266 e. The Morgan fingerprint density at radius 3 is 1.20 bits per heavy atom. The molecule has 7 aromatic rings. The fourth-order valence-corrected chi connectivity index (χ4v) is 6.77. The van der Waals surface area contributed by atoms with E-state index in [2.05, 4.69) is 68.3 Å². The Hall–Kier alpha value is -6.54. The highest BCUT2D eigenvalue weighted by Gasteiger charge is 2.27. The third-order valence-corrected chi connectivity index (χ3v) is 9.63. The second-order valence-corrected chi connectivity index (χ2v) is 13.7. The van der Waals surface area contributed by atoms with Gasteiger partial charge in [0.15, 0.2) is 12.1 Å². The zero-order valence-corrected chi connectivity index (χ0v) is 30.3. The van der Waals surface area contributed by atoms with Crippen LogP contribution in [0.1, 0.15) is 45.5 Å². The molecule has 2 amide bonds. The van der Waals surface area contributed by atoms with Crippen molar-refractivity contribution in [3.8, 4) is 0 Å². The summed E-state index contributed by atoms with van der Waals surface area (Å²) in [5, 5.41) is 6.30. The van der Waals surface area contributed by atoms with Gasteiger partial charge in [-0.05, 0) is 39.4 Å². The third-order valence-electron chi connectivity index (χ3n) is 9.63. The Labute approximate surface area is 317 Å². The second kappa shape index (κ2) is 17.8. The molecule has 2 aromatic heterocycles. The molecule has 0 fully saturated rings. The van der Waals surface area contributed by atoms with E-state index in [9.17, 15) is 9.59 Å². The average Bonchev–Trinajstić information content (AvgIpc) is 3.88. The average molecular weight is 715 g/mol. The Morgan fingerprint density at radius 1 is 0.463 bits per heavy atom. The molecule has 0 saturated heterocycles. The molecule has 2 heterocycles. The van der Waals surface area contributed by atoms with Crippen LogP contribution >= 0.6 is 0 Å². The molecule has 8 nitrogen and oxygen atoms in total. The van der Waals surface area contributed by atoms with Crippen LogP contribution in [0.3, 0.4) is 0 Å². The van der Waals surface area contributed by atoms with E-state index in [0.29, 0.717) is 39.0 Å². The van der Waals surface area contributed by atoms with Crippen molar-refractivity contribution in [1.82, 2.24) is 19.8 Å². The van der Waals surface area contributed by atoms with E-state index in [1.165, 1.54) is 0 Å². The number of benzene rings is 5. The van der Waals surface area contributed by atoms with Crippen LogP contribution in [-0.2, 0) is 48.6 Å². The minimum absolute atomic E-state index is 0.0175. The minimum Gasteiger partial charge on any atom is -0.348 e. The Kier molecular flexibility index (Phi) is 11.8. The largest absolute Gasteiger partial charge is 0.348 e. The SMILES string of the molecule is O=C(NCc1ccccc1)[C@@H](Cc1ccccc1)n1cc[n+](Cc2cccc(C[n+]3ccn([C@H](Cc4ccccc4)C(=O)NCc4ccccc4)c3)c2)c1. The fourth-order valence-electron chi connectivity index (χ4n) is 6.77. The summed E-state index contributed by atoms with van der Waals surface area (Å²) in [6.07, 6.45) is 13.2. The van der Waals surface area contributed by atoms with Crippen LogP contribution in [0.25, 0.3) is 0 Å². The van der Waals surface area contributed by atoms with E-state index >= 15 is 0 Å². The first kappa shape index (κ1) is 35.8. The highest BCUT2D eigenvalue weighted by molar-refractivity contribution is 5.81. The highest BCUT2D eigenvalue weighted by Crippen LogP contribution is 2.17. The number of hydrogen-bond acceptors (Lipinski definition) is 2. The van der Waals surface area contributed by atoms with Gasteiger partial charge in [0.1, 0.15) is 37.9 Å². The van der Waals surface area contributed by atoms with Gasteiger partial charge >= 0.3 is 0 Å². The van der Waals surface area contributed by atoms with Crippen molar-refractivity contribution < 1.29 is 18.7 Å². The van der Waals surface area contributed by atoms with E-state index in [1.54, 1.807) is 0 Å². The van der Waals surface area contributed by atoms with E-state index in [1.807, 2.05) is 144 Å². The Morgan fingerprint density at radius 2 is 0.815 bits per heavy atom. The lowest BCUT2D eigenvalue weighted by atomic mass is 10.0. The van der Waals surface area contributed by atoms with Gasteiger partial charge < -0.3 is 10.6 Å². The molecular formula is C46H46N6O2+2. The molecular weight excluding hydrogens is 669 g/mol. The van der Waals surface area contributed by atoms with Crippen LogP contribution in [0.5, 0.6) is 0 Å². The smallest absolute Gasteiger partial charge is 0.266 e. The first-order chi connectivity index (χ1) is 26.6. The van der Waals surface area contributed by atoms with Crippen molar-refractivity contribution in [2.45, 2.75) is 51.1 Å². The van der Waals surface area contributed by atoms with Crippen molar-refractivity contribution in [2.75, 3.05) is 0 Å². The zero-order chi connectivity index (χ0) is 37.0. The first-order valence-corrected chi connectivity index (χ1v) is 18.5. The van der Waals surface area contributed by atoms with Crippen molar-refractivity contribution >= 4 is 11.8 Å². The topological polar surface area (TPSA) is 75.8 Å². The van der Waals surface area contributed by atoms with E-state index < -0.39 is 12.1 Å². The van der Waals surface area contributed by atoms with Crippen molar-refractivity contribution in [2.24, 2.45) is 0 Å². The van der Waals surface area contributed by atoms with Crippen LogP contribution in [0.4, 0.5) is 0 Å². The number of carbonyl (C=O) groups excluding carboxylic acids is 2. The molecule has 0 unspecified atom stereocenters. The van der Waals surface area contributed by atoms with Crippen LogP contribution in [0.15, 0.2) is 183 Å². The molecule has 2 N–H and O–H groups in total.